The summed E-state index contributed by atoms with van der Waals surface area (Å²) >= 11 is 5.99. The smallest absolute Gasteiger partial charge is 0.248 e. The molecule has 1 aliphatic rings. The van der Waals surface area contributed by atoms with Crippen LogP contribution in [0.4, 0.5) is 23.1 Å². The van der Waals surface area contributed by atoms with Gasteiger partial charge in [-0.25, -0.2) is 0 Å². The van der Waals surface area contributed by atoms with Crippen LogP contribution in [-0.2, 0) is 22.7 Å². The maximum Gasteiger partial charge on any atom is 0.248 e. The van der Waals surface area contributed by atoms with Crippen molar-refractivity contribution in [3.63, 3.8) is 0 Å². The predicted octanol–water partition coefficient (Wildman–Crippen LogP) is 6.10. The monoisotopic (exact) mass is 592 g/mol. The van der Waals surface area contributed by atoms with Gasteiger partial charge in [0.25, 0.3) is 0 Å². The maximum absolute atomic E-state index is 11.5. The molecule has 4 aromatic rings. The third-order valence-corrected chi connectivity index (χ3v) is 7.27. The van der Waals surface area contributed by atoms with Gasteiger partial charge in [0, 0.05) is 10.9 Å². The zero-order valence-electron chi connectivity index (χ0n) is 23.1. The summed E-state index contributed by atoms with van der Waals surface area (Å²) in [6, 6.07) is 26.3. The van der Waals surface area contributed by atoms with Gasteiger partial charge in [-0.2, -0.15) is 15.1 Å². The second-order valence-electron chi connectivity index (χ2n) is 9.94. The van der Waals surface area contributed by atoms with Crippen LogP contribution in [0.15, 0.2) is 95.2 Å². The second-order valence-corrected chi connectivity index (χ2v) is 10.4. The molecule has 218 valence electrons. The van der Waals surface area contributed by atoms with Crippen LogP contribution in [-0.4, -0.2) is 47.0 Å². The normalized spacial score (nSPS) is 20.2. The number of nitrogens with zero attached hydrogens (tertiary/aromatic N) is 4. The summed E-state index contributed by atoms with van der Waals surface area (Å²) in [6.07, 6.45) is -0.605. The first-order valence-corrected chi connectivity index (χ1v) is 14.0. The summed E-state index contributed by atoms with van der Waals surface area (Å²) in [7, 11) is 1.46. The number of benzene rings is 3. The van der Waals surface area contributed by atoms with E-state index < -0.39 is 12.1 Å². The van der Waals surface area contributed by atoms with E-state index in [0.717, 1.165) is 11.1 Å². The number of aliphatic hydroxyl groups is 1. The van der Waals surface area contributed by atoms with Gasteiger partial charge in [0.1, 0.15) is 0 Å². The van der Waals surface area contributed by atoms with Crippen LogP contribution in [0.25, 0.3) is 0 Å². The number of nitrogens with two attached hydrogens (primary N) is 1. The van der Waals surface area contributed by atoms with E-state index in [1.807, 2.05) is 60.7 Å². The Morgan fingerprint density at radius 2 is 1.60 bits per heavy atom. The number of methoxy groups -OCH3 is 1. The quantitative estimate of drug-likeness (QED) is 0.168. The lowest BCUT2D eigenvalue weighted by atomic mass is 10.0. The average molecular weight is 593 g/mol. The predicted molar refractivity (Wildman–Crippen MR) is 161 cm³/mol. The third-order valence-electron chi connectivity index (χ3n) is 7.02. The number of azo groups is 1. The maximum atomic E-state index is 11.5. The summed E-state index contributed by atoms with van der Waals surface area (Å²) in [6.45, 7) is 1.16. The van der Waals surface area contributed by atoms with Gasteiger partial charge >= 0.3 is 0 Å². The molecule has 5 rings (SSSR count). The van der Waals surface area contributed by atoms with Crippen molar-refractivity contribution in [1.82, 2.24) is 9.97 Å². The Bertz CT molecular complexity index is 1460. The van der Waals surface area contributed by atoms with Crippen molar-refractivity contribution in [2.45, 2.75) is 37.9 Å². The molecule has 0 amide bonds. The fourth-order valence-electron chi connectivity index (χ4n) is 4.86. The Hall–Kier alpha value is -4.09. The molecule has 0 spiro atoms. The molecule has 0 bridgehead atoms. The third kappa shape index (κ3) is 7.59. The van der Waals surface area contributed by atoms with Crippen molar-refractivity contribution >= 4 is 34.7 Å². The van der Waals surface area contributed by atoms with E-state index in [2.05, 4.69) is 25.5 Å². The average Bonchev–Trinajstić information content (AvgIpc) is 3.30. The van der Waals surface area contributed by atoms with E-state index in [4.69, 9.17) is 31.5 Å². The summed E-state index contributed by atoms with van der Waals surface area (Å²) in [4.78, 5) is 8.53. The van der Waals surface area contributed by atoms with Crippen molar-refractivity contribution < 1.29 is 19.3 Å². The molecule has 0 saturated heterocycles. The van der Waals surface area contributed by atoms with Crippen molar-refractivity contribution in [1.29, 1.82) is 0 Å². The highest BCUT2D eigenvalue weighted by Crippen LogP contribution is 2.38. The van der Waals surface area contributed by atoms with Gasteiger partial charge in [-0.3, -0.25) is 0 Å². The number of aromatic nitrogens is 2. The lowest BCUT2D eigenvalue weighted by molar-refractivity contribution is -0.0463. The number of nitrogens with one attached hydrogen (secondary N) is 1. The fourth-order valence-corrected chi connectivity index (χ4v) is 4.99. The molecule has 0 radical (unpaired) electrons. The molecule has 1 heterocycles. The second kappa shape index (κ2) is 14.2. The Labute approximate surface area is 249 Å². The molecular formula is C31H33ClN6O4. The molecule has 11 heteroatoms. The molecule has 1 saturated carbocycles. The molecule has 0 unspecified atom stereocenters. The summed E-state index contributed by atoms with van der Waals surface area (Å²) < 4.78 is 17.8. The molecule has 1 aromatic heterocycles. The van der Waals surface area contributed by atoms with Crippen LogP contribution in [0.1, 0.15) is 17.5 Å². The van der Waals surface area contributed by atoms with Gasteiger partial charge in [0.2, 0.25) is 11.8 Å². The van der Waals surface area contributed by atoms with Crippen molar-refractivity contribution in [2.75, 3.05) is 24.8 Å². The van der Waals surface area contributed by atoms with Crippen molar-refractivity contribution in [3.8, 4) is 5.88 Å². The van der Waals surface area contributed by atoms with Gasteiger partial charge in [-0.1, -0.05) is 72.3 Å². The molecule has 0 aliphatic heterocycles. The number of nitrogen functional groups attached to an aromatic ring is 1. The minimum absolute atomic E-state index is 0.00750. The molecular weight excluding hydrogens is 560 g/mol. The fraction of sp³-hybridized carbons (Fsp3) is 0.290. The van der Waals surface area contributed by atoms with E-state index >= 15 is 0 Å². The van der Waals surface area contributed by atoms with Crippen molar-refractivity contribution in [3.05, 3.63) is 101 Å². The highest BCUT2D eigenvalue weighted by Gasteiger charge is 2.44. The Morgan fingerprint density at radius 1 is 0.929 bits per heavy atom. The zero-order valence-corrected chi connectivity index (χ0v) is 23.9. The standard InChI is InChI=1S/C31H33ClN6O4/c1-40-30-27(38-37-23-14-12-22(32)13-15-23)29(35-31(33)36-30)34-25-16-26(42-18-21-10-6-3-7-11-21)24(28(25)39)19-41-17-20-8-4-2-5-9-20/h2-15,24-26,28,39H,16-19H2,1H3,(H3,33,34,35,36)/t24-,25+,26+,28+/m1/s1/i27+1,29+1,30+1,31+1. The first-order chi connectivity index (χ1) is 20.5. The zero-order chi connectivity index (χ0) is 29.3. The van der Waals surface area contributed by atoms with E-state index in [-0.39, 0.29) is 35.4 Å². The number of halogens is 1. The van der Waals surface area contributed by atoms with Gasteiger partial charge in [0.05, 0.1) is 50.9 Å². The first kappa shape index (κ1) is 29.4. The molecule has 4 N–H and O–H groups in total. The van der Waals surface area contributed by atoms with Crippen LogP contribution in [0.5, 0.6) is 5.88 Å². The number of ether oxygens (including phenoxy) is 3. The topological polar surface area (TPSA) is 136 Å². The molecule has 10 nitrogen and oxygen atoms in total. The lowest BCUT2D eigenvalue weighted by Gasteiger charge is -2.23. The molecule has 42 heavy (non-hydrogen) atoms. The van der Waals surface area contributed by atoms with E-state index in [9.17, 15) is 5.11 Å². The minimum Gasteiger partial charge on any atom is -0.479 e. The number of aliphatic hydroxyl groups excluding tert-OH is 1. The Balaban J connectivity index is 1.35. The van der Waals surface area contributed by atoms with Gasteiger partial charge < -0.3 is 30.4 Å². The lowest BCUT2D eigenvalue weighted by Crippen LogP contribution is -2.35. The Morgan fingerprint density at radius 3 is 2.26 bits per heavy atom. The molecule has 1 fully saturated rings. The van der Waals surface area contributed by atoms with Gasteiger partial charge in [0.15, 0.2) is 11.5 Å². The minimum atomic E-state index is -0.815. The van der Waals surface area contributed by atoms with Crippen LogP contribution in [0.2, 0.25) is 5.02 Å². The molecule has 4 atom stereocenters. The van der Waals surface area contributed by atoms with Gasteiger partial charge in [-0.05, 0) is 41.8 Å². The van der Waals surface area contributed by atoms with Crippen LogP contribution in [0, 0.1) is 5.92 Å². The number of anilines is 2. The van der Waals surface area contributed by atoms with Crippen LogP contribution < -0.4 is 15.8 Å². The van der Waals surface area contributed by atoms with E-state index in [1.165, 1.54) is 7.11 Å². The highest BCUT2D eigenvalue weighted by molar-refractivity contribution is 6.30. The highest BCUT2D eigenvalue weighted by atomic mass is 35.5. The Kier molecular flexibility index (Phi) is 9.94. The summed E-state index contributed by atoms with van der Waals surface area (Å²) in [5, 5.41) is 24.1. The number of hydrogen-bond acceptors (Lipinski definition) is 10. The van der Waals surface area contributed by atoms with Crippen LogP contribution in [0.3, 0.4) is 0 Å². The van der Waals surface area contributed by atoms with E-state index in [1.54, 1.807) is 24.3 Å². The van der Waals surface area contributed by atoms with E-state index in [0.29, 0.717) is 37.0 Å². The summed E-state index contributed by atoms with van der Waals surface area (Å²) in [5.74, 6) is 0.130. The van der Waals surface area contributed by atoms with Crippen molar-refractivity contribution in [2.24, 2.45) is 16.1 Å². The molecule has 3 aromatic carbocycles. The summed E-state index contributed by atoms with van der Waals surface area (Å²) in [5.41, 5.74) is 8.92. The number of hydrogen-bond donors (Lipinski definition) is 3. The number of rotatable bonds is 12. The first-order valence-electron chi connectivity index (χ1n) is 13.6. The van der Waals surface area contributed by atoms with Gasteiger partial charge in [-0.15, -0.1) is 5.11 Å². The SMILES string of the molecule is CO[13c]1n[13c](N)n[13c](N[C@H]2C[C@H](OCc3ccccc3)[C@@H](COCc3ccccc3)[C@@H]2O)[13c]1N=Nc1ccc(Cl)cc1. The largest absolute Gasteiger partial charge is 0.479 e. The molecule has 1 aliphatic carbocycles. The van der Waals surface area contributed by atoms with Crippen LogP contribution >= 0.6 is 11.6 Å².